The predicted octanol–water partition coefficient (Wildman–Crippen LogP) is 0.0774. The molecule has 0 saturated heterocycles. The Morgan fingerprint density at radius 1 is 0.941 bits per heavy atom. The summed E-state index contributed by atoms with van der Waals surface area (Å²) in [5.41, 5.74) is 0. The molecule has 0 aliphatic rings. The number of aromatic amines is 1. The molecule has 1 heterocycles. The molecular formula is C8H15N3O6. The Balaban J connectivity index is -0.000000155. The first-order valence-electron chi connectivity index (χ1n) is 4.07. The van der Waals surface area contributed by atoms with Gasteiger partial charge in [-0.15, -0.1) is 0 Å². The van der Waals surface area contributed by atoms with Crippen LogP contribution in [0.2, 0.25) is 0 Å². The lowest BCUT2D eigenvalue weighted by molar-refractivity contribution is -0.135. The summed E-state index contributed by atoms with van der Waals surface area (Å²) >= 11 is 0. The normalized spacial score (nSPS) is 6.76. The standard InChI is InChI=1S/C2H3N3.3C2H4O2/c1-3-2-5-4-1;3*1-2(3)4/h1-2H,(H,3,4,5);3*1H3,(H,3,4). The largest absolute Gasteiger partial charge is 0.481 e. The van der Waals surface area contributed by atoms with Gasteiger partial charge in [0.2, 0.25) is 0 Å². The van der Waals surface area contributed by atoms with Crippen LogP contribution in [0.4, 0.5) is 0 Å². The van der Waals surface area contributed by atoms with Crippen molar-refractivity contribution in [2.24, 2.45) is 0 Å². The van der Waals surface area contributed by atoms with Crippen molar-refractivity contribution in [2.75, 3.05) is 0 Å². The Labute approximate surface area is 97.1 Å². The van der Waals surface area contributed by atoms with Gasteiger partial charge in [0.25, 0.3) is 17.9 Å². The molecule has 9 nitrogen and oxygen atoms in total. The number of hydrogen-bond donors (Lipinski definition) is 4. The quantitative estimate of drug-likeness (QED) is 0.504. The van der Waals surface area contributed by atoms with Crippen LogP contribution < -0.4 is 0 Å². The molecule has 0 bridgehead atoms. The fourth-order valence-electron chi connectivity index (χ4n) is 0.167. The molecular weight excluding hydrogens is 234 g/mol. The Morgan fingerprint density at radius 2 is 1.24 bits per heavy atom. The van der Waals surface area contributed by atoms with Crippen molar-refractivity contribution >= 4 is 17.9 Å². The monoisotopic (exact) mass is 249 g/mol. The maximum Gasteiger partial charge on any atom is 0.300 e. The van der Waals surface area contributed by atoms with Crippen molar-refractivity contribution < 1.29 is 29.7 Å². The third kappa shape index (κ3) is 278. The highest BCUT2D eigenvalue weighted by Crippen LogP contribution is 1.53. The molecule has 1 aromatic rings. The van der Waals surface area contributed by atoms with E-state index in [4.69, 9.17) is 29.7 Å². The van der Waals surface area contributed by atoms with Gasteiger partial charge in [0, 0.05) is 20.8 Å². The third-order valence-corrected chi connectivity index (χ3v) is 0.331. The first-order chi connectivity index (χ1) is 7.70. The highest BCUT2D eigenvalue weighted by atomic mass is 16.4. The lowest BCUT2D eigenvalue weighted by Crippen LogP contribution is -1.78. The van der Waals surface area contributed by atoms with Crippen molar-refractivity contribution in [3.63, 3.8) is 0 Å². The number of H-pyrrole nitrogens is 1. The van der Waals surface area contributed by atoms with E-state index in [-0.39, 0.29) is 0 Å². The summed E-state index contributed by atoms with van der Waals surface area (Å²) < 4.78 is 0. The summed E-state index contributed by atoms with van der Waals surface area (Å²) in [5, 5.41) is 28.2. The maximum atomic E-state index is 9.00. The molecule has 17 heavy (non-hydrogen) atoms. The number of rotatable bonds is 0. The van der Waals surface area contributed by atoms with Gasteiger partial charge in [0.05, 0.1) is 0 Å². The zero-order valence-electron chi connectivity index (χ0n) is 9.62. The molecule has 0 atom stereocenters. The van der Waals surface area contributed by atoms with E-state index in [1.807, 2.05) is 0 Å². The molecule has 4 N–H and O–H groups in total. The molecule has 1 rings (SSSR count). The third-order valence-electron chi connectivity index (χ3n) is 0.331. The first-order valence-corrected chi connectivity index (χ1v) is 4.07. The minimum absolute atomic E-state index is 0.833. The highest BCUT2D eigenvalue weighted by molar-refractivity contribution is 5.63. The number of carbonyl (C=O) groups is 3. The van der Waals surface area contributed by atoms with Crippen molar-refractivity contribution in [1.82, 2.24) is 15.2 Å². The second-order valence-electron chi connectivity index (χ2n) is 2.21. The zero-order valence-corrected chi connectivity index (χ0v) is 9.62. The fraction of sp³-hybridized carbons (Fsp3) is 0.375. The van der Waals surface area contributed by atoms with E-state index < -0.39 is 17.9 Å². The maximum absolute atomic E-state index is 9.00. The Hall–Kier alpha value is -2.45. The van der Waals surface area contributed by atoms with Crippen LogP contribution in [0, 0.1) is 0 Å². The summed E-state index contributed by atoms with van der Waals surface area (Å²) in [6.45, 7) is 3.25. The molecule has 0 saturated carbocycles. The molecule has 0 amide bonds. The van der Waals surface area contributed by atoms with Crippen LogP contribution in [-0.2, 0) is 14.4 Å². The number of carboxylic acids is 3. The Bertz CT molecular complexity index is 240. The number of aromatic nitrogens is 3. The summed E-state index contributed by atoms with van der Waals surface area (Å²) in [6, 6.07) is 0. The molecule has 1 aromatic heterocycles. The van der Waals surface area contributed by atoms with E-state index in [0.717, 1.165) is 20.8 Å². The molecule has 9 heteroatoms. The molecule has 0 aliphatic heterocycles. The van der Waals surface area contributed by atoms with E-state index in [9.17, 15) is 0 Å². The lowest BCUT2D eigenvalue weighted by atomic mass is 10.9. The average Bonchev–Trinajstić information content (AvgIpc) is 2.53. The zero-order chi connectivity index (χ0) is 14.3. The molecule has 0 unspecified atom stereocenters. The first kappa shape index (κ1) is 20.0. The molecule has 0 radical (unpaired) electrons. The van der Waals surface area contributed by atoms with Gasteiger partial charge in [0.15, 0.2) is 0 Å². The molecule has 98 valence electrons. The minimum atomic E-state index is -0.833. The van der Waals surface area contributed by atoms with E-state index in [2.05, 4.69) is 15.2 Å². The van der Waals surface area contributed by atoms with Gasteiger partial charge in [-0.1, -0.05) is 0 Å². The minimum Gasteiger partial charge on any atom is -0.481 e. The number of nitrogens with one attached hydrogen (secondary N) is 1. The average molecular weight is 249 g/mol. The second-order valence-corrected chi connectivity index (χ2v) is 2.21. The van der Waals surface area contributed by atoms with Crippen LogP contribution in [0.15, 0.2) is 12.7 Å². The van der Waals surface area contributed by atoms with Gasteiger partial charge in [-0.05, 0) is 0 Å². The molecule has 0 aliphatic carbocycles. The Kier molecular flexibility index (Phi) is 18.8. The van der Waals surface area contributed by atoms with Crippen LogP contribution in [0.5, 0.6) is 0 Å². The van der Waals surface area contributed by atoms with Gasteiger partial charge >= 0.3 is 0 Å². The van der Waals surface area contributed by atoms with E-state index in [1.54, 1.807) is 0 Å². The van der Waals surface area contributed by atoms with Crippen LogP contribution in [0.3, 0.4) is 0 Å². The van der Waals surface area contributed by atoms with Crippen LogP contribution in [-0.4, -0.2) is 48.4 Å². The molecule has 0 aromatic carbocycles. The highest BCUT2D eigenvalue weighted by Gasteiger charge is 1.66. The SMILES string of the molecule is CC(=O)O.CC(=O)O.CC(=O)O.c1nc[nH]n1. The van der Waals surface area contributed by atoms with E-state index >= 15 is 0 Å². The smallest absolute Gasteiger partial charge is 0.300 e. The van der Waals surface area contributed by atoms with E-state index in [0.29, 0.717) is 0 Å². The topological polar surface area (TPSA) is 153 Å². The van der Waals surface area contributed by atoms with Gasteiger partial charge < -0.3 is 15.3 Å². The second kappa shape index (κ2) is 16.0. The van der Waals surface area contributed by atoms with Crippen molar-refractivity contribution in [2.45, 2.75) is 20.8 Å². The van der Waals surface area contributed by atoms with Crippen molar-refractivity contribution in [3.05, 3.63) is 12.7 Å². The van der Waals surface area contributed by atoms with Gasteiger partial charge in [0.1, 0.15) is 12.7 Å². The van der Waals surface area contributed by atoms with E-state index in [1.165, 1.54) is 12.7 Å². The summed E-state index contributed by atoms with van der Waals surface area (Å²) in [6.07, 6.45) is 2.96. The van der Waals surface area contributed by atoms with Crippen molar-refractivity contribution in [3.8, 4) is 0 Å². The predicted molar refractivity (Wildman–Crippen MR) is 56.3 cm³/mol. The number of carboxylic acid groups (broad SMARTS) is 3. The van der Waals surface area contributed by atoms with Crippen LogP contribution >= 0.6 is 0 Å². The molecule has 0 spiro atoms. The lowest BCUT2D eigenvalue weighted by Gasteiger charge is -1.59. The fourth-order valence-corrected chi connectivity index (χ4v) is 0.167. The van der Waals surface area contributed by atoms with Gasteiger partial charge in [-0.25, -0.2) is 4.98 Å². The number of aliphatic carboxylic acids is 3. The molecule has 0 fully saturated rings. The summed E-state index contributed by atoms with van der Waals surface area (Å²) in [7, 11) is 0. The van der Waals surface area contributed by atoms with Crippen LogP contribution in [0.25, 0.3) is 0 Å². The number of nitrogens with zero attached hydrogens (tertiary/aromatic N) is 2. The Morgan fingerprint density at radius 3 is 1.29 bits per heavy atom. The number of hydrogen-bond acceptors (Lipinski definition) is 5. The van der Waals surface area contributed by atoms with Crippen molar-refractivity contribution in [1.29, 1.82) is 0 Å². The van der Waals surface area contributed by atoms with Gasteiger partial charge in [-0.2, -0.15) is 5.10 Å². The van der Waals surface area contributed by atoms with Crippen LogP contribution in [0.1, 0.15) is 20.8 Å². The summed E-state index contributed by atoms with van der Waals surface area (Å²) in [4.78, 5) is 30.6. The van der Waals surface area contributed by atoms with Gasteiger partial charge in [-0.3, -0.25) is 19.5 Å². The summed E-state index contributed by atoms with van der Waals surface area (Å²) in [5.74, 6) is -2.50.